The van der Waals surface area contributed by atoms with E-state index in [0.717, 1.165) is 22.3 Å². The Morgan fingerprint density at radius 3 is 2.43 bits per heavy atom. The van der Waals surface area contributed by atoms with Crippen LogP contribution in [0.1, 0.15) is 5.69 Å². The first-order valence-corrected chi connectivity index (χ1v) is 7.22. The zero-order chi connectivity index (χ0) is 16.4. The van der Waals surface area contributed by atoms with Crippen molar-refractivity contribution in [2.75, 3.05) is 17.7 Å². The van der Waals surface area contributed by atoms with Gasteiger partial charge in [0.1, 0.15) is 5.75 Å². The first-order valence-electron chi connectivity index (χ1n) is 7.22. The SMILES string of the molecule is COc1ccc(NC(=O)Nc2ccc3c(C)n(C)nc3c2)cc1. The van der Waals surface area contributed by atoms with Gasteiger partial charge in [-0.25, -0.2) is 4.79 Å². The third-order valence-corrected chi connectivity index (χ3v) is 3.74. The van der Waals surface area contributed by atoms with Crippen LogP contribution in [0.2, 0.25) is 0 Å². The van der Waals surface area contributed by atoms with Crippen LogP contribution in [0.3, 0.4) is 0 Å². The number of fused-ring (bicyclic) bond motifs is 1. The van der Waals surface area contributed by atoms with Gasteiger partial charge in [-0.2, -0.15) is 5.10 Å². The largest absolute Gasteiger partial charge is 0.497 e. The predicted molar refractivity (Wildman–Crippen MR) is 91.1 cm³/mol. The normalized spacial score (nSPS) is 10.6. The third-order valence-electron chi connectivity index (χ3n) is 3.74. The van der Waals surface area contributed by atoms with Crippen LogP contribution in [0.15, 0.2) is 42.5 Å². The number of amides is 2. The highest BCUT2D eigenvalue weighted by Crippen LogP contribution is 2.21. The lowest BCUT2D eigenvalue weighted by Crippen LogP contribution is -2.19. The molecule has 0 bridgehead atoms. The minimum Gasteiger partial charge on any atom is -0.497 e. The van der Waals surface area contributed by atoms with Crippen molar-refractivity contribution < 1.29 is 9.53 Å². The zero-order valence-electron chi connectivity index (χ0n) is 13.3. The number of methoxy groups -OCH3 is 1. The van der Waals surface area contributed by atoms with E-state index in [4.69, 9.17) is 4.74 Å². The number of urea groups is 1. The molecular formula is C17H18N4O2. The number of aryl methyl sites for hydroxylation is 2. The molecule has 118 valence electrons. The summed E-state index contributed by atoms with van der Waals surface area (Å²) in [5, 5.41) is 11.1. The molecule has 0 aliphatic rings. The van der Waals surface area contributed by atoms with Crippen LogP contribution in [0.4, 0.5) is 16.2 Å². The highest BCUT2D eigenvalue weighted by atomic mass is 16.5. The smallest absolute Gasteiger partial charge is 0.323 e. The molecule has 23 heavy (non-hydrogen) atoms. The van der Waals surface area contributed by atoms with Crippen LogP contribution in [0, 0.1) is 6.92 Å². The van der Waals surface area contributed by atoms with Crippen molar-refractivity contribution >= 4 is 28.3 Å². The van der Waals surface area contributed by atoms with E-state index in [0.29, 0.717) is 11.4 Å². The molecule has 2 amide bonds. The zero-order valence-corrected chi connectivity index (χ0v) is 13.3. The average molecular weight is 310 g/mol. The molecule has 1 aromatic heterocycles. The van der Waals surface area contributed by atoms with Crippen molar-refractivity contribution in [1.82, 2.24) is 9.78 Å². The fourth-order valence-electron chi connectivity index (χ4n) is 2.38. The van der Waals surface area contributed by atoms with E-state index in [9.17, 15) is 4.79 Å². The molecule has 0 fully saturated rings. The second-order valence-electron chi connectivity index (χ2n) is 5.25. The Hall–Kier alpha value is -3.02. The van der Waals surface area contributed by atoms with Gasteiger partial charge in [0, 0.05) is 29.5 Å². The molecule has 6 nitrogen and oxygen atoms in total. The van der Waals surface area contributed by atoms with Gasteiger partial charge in [0.05, 0.1) is 12.6 Å². The molecule has 1 heterocycles. The third kappa shape index (κ3) is 3.11. The average Bonchev–Trinajstić information content (AvgIpc) is 2.82. The van der Waals surface area contributed by atoms with Crippen molar-refractivity contribution in [3.63, 3.8) is 0 Å². The Balaban J connectivity index is 1.71. The molecule has 2 N–H and O–H groups in total. The number of rotatable bonds is 3. The first-order chi connectivity index (χ1) is 11.1. The lowest BCUT2D eigenvalue weighted by Gasteiger charge is -2.08. The van der Waals surface area contributed by atoms with E-state index < -0.39 is 0 Å². The highest BCUT2D eigenvalue weighted by molar-refractivity contribution is 6.01. The van der Waals surface area contributed by atoms with Crippen molar-refractivity contribution in [3.8, 4) is 5.75 Å². The fraction of sp³-hybridized carbons (Fsp3) is 0.176. The van der Waals surface area contributed by atoms with Gasteiger partial charge >= 0.3 is 6.03 Å². The van der Waals surface area contributed by atoms with Gasteiger partial charge in [-0.3, -0.25) is 4.68 Å². The van der Waals surface area contributed by atoms with Gasteiger partial charge in [-0.15, -0.1) is 0 Å². The predicted octanol–water partition coefficient (Wildman–Crippen LogP) is 3.53. The molecule has 0 spiro atoms. The molecule has 0 unspecified atom stereocenters. The first kappa shape index (κ1) is 14.9. The number of nitrogens with one attached hydrogen (secondary N) is 2. The fourth-order valence-corrected chi connectivity index (χ4v) is 2.38. The highest BCUT2D eigenvalue weighted by Gasteiger charge is 2.07. The number of ether oxygens (including phenoxy) is 1. The van der Waals surface area contributed by atoms with E-state index in [1.807, 2.05) is 36.9 Å². The molecule has 0 atom stereocenters. The maximum atomic E-state index is 12.1. The van der Waals surface area contributed by atoms with E-state index in [1.165, 1.54) is 0 Å². The summed E-state index contributed by atoms with van der Waals surface area (Å²) >= 11 is 0. The second-order valence-corrected chi connectivity index (χ2v) is 5.25. The second kappa shape index (κ2) is 6.00. The molecule has 2 aromatic carbocycles. The maximum Gasteiger partial charge on any atom is 0.323 e. The van der Waals surface area contributed by atoms with Crippen LogP contribution in [-0.2, 0) is 7.05 Å². The molecular weight excluding hydrogens is 292 g/mol. The molecule has 0 saturated carbocycles. The number of anilines is 2. The molecule has 3 aromatic rings. The van der Waals surface area contributed by atoms with Crippen LogP contribution in [0.5, 0.6) is 5.75 Å². The quantitative estimate of drug-likeness (QED) is 0.777. The minimum absolute atomic E-state index is 0.304. The van der Waals surface area contributed by atoms with Gasteiger partial charge < -0.3 is 15.4 Å². The van der Waals surface area contributed by atoms with Gasteiger partial charge in [0.2, 0.25) is 0 Å². The van der Waals surface area contributed by atoms with Crippen molar-refractivity contribution in [3.05, 3.63) is 48.2 Å². The van der Waals surface area contributed by atoms with E-state index in [1.54, 1.807) is 31.4 Å². The van der Waals surface area contributed by atoms with Crippen LogP contribution >= 0.6 is 0 Å². The summed E-state index contributed by atoms with van der Waals surface area (Å²) in [5.41, 5.74) is 3.33. The Morgan fingerprint density at radius 1 is 1.09 bits per heavy atom. The molecule has 6 heteroatoms. The lowest BCUT2D eigenvalue weighted by molar-refractivity contribution is 0.262. The standard InChI is InChI=1S/C17H18N4O2/c1-11-15-9-6-13(10-16(15)20-21(11)2)19-17(22)18-12-4-7-14(23-3)8-5-12/h4-10H,1-3H3,(H2,18,19,22). The maximum absolute atomic E-state index is 12.1. The summed E-state index contributed by atoms with van der Waals surface area (Å²) < 4.78 is 6.91. The summed E-state index contributed by atoms with van der Waals surface area (Å²) in [5.74, 6) is 0.743. The molecule has 0 aliphatic carbocycles. The topological polar surface area (TPSA) is 68.2 Å². The van der Waals surface area contributed by atoms with Crippen molar-refractivity contribution in [1.29, 1.82) is 0 Å². The van der Waals surface area contributed by atoms with Gasteiger partial charge in [0.25, 0.3) is 0 Å². The van der Waals surface area contributed by atoms with Crippen LogP contribution in [0.25, 0.3) is 10.9 Å². The number of benzene rings is 2. The minimum atomic E-state index is -0.304. The lowest BCUT2D eigenvalue weighted by atomic mass is 10.2. The van der Waals surface area contributed by atoms with Crippen molar-refractivity contribution in [2.45, 2.75) is 6.92 Å². The molecule has 3 rings (SSSR count). The van der Waals surface area contributed by atoms with Crippen molar-refractivity contribution in [2.24, 2.45) is 7.05 Å². The number of aromatic nitrogens is 2. The Labute approximate surface area is 134 Å². The molecule has 0 radical (unpaired) electrons. The number of nitrogens with zero attached hydrogens (tertiary/aromatic N) is 2. The Morgan fingerprint density at radius 2 is 1.74 bits per heavy atom. The van der Waals surface area contributed by atoms with E-state index in [2.05, 4.69) is 15.7 Å². The summed E-state index contributed by atoms with van der Waals surface area (Å²) in [4.78, 5) is 12.1. The Bertz CT molecular complexity index is 853. The van der Waals surface area contributed by atoms with Gasteiger partial charge in [-0.05, 0) is 49.4 Å². The van der Waals surface area contributed by atoms with Gasteiger partial charge in [-0.1, -0.05) is 0 Å². The molecule has 0 aliphatic heterocycles. The summed E-state index contributed by atoms with van der Waals surface area (Å²) in [6, 6.07) is 12.5. The van der Waals surface area contributed by atoms with E-state index >= 15 is 0 Å². The van der Waals surface area contributed by atoms with Gasteiger partial charge in [0.15, 0.2) is 0 Å². The van der Waals surface area contributed by atoms with Crippen LogP contribution in [-0.4, -0.2) is 22.9 Å². The van der Waals surface area contributed by atoms with Crippen LogP contribution < -0.4 is 15.4 Å². The summed E-state index contributed by atoms with van der Waals surface area (Å²) in [6.45, 7) is 2.01. The van der Waals surface area contributed by atoms with E-state index in [-0.39, 0.29) is 6.03 Å². The Kier molecular flexibility index (Phi) is 3.89. The number of hydrogen-bond acceptors (Lipinski definition) is 3. The summed E-state index contributed by atoms with van der Waals surface area (Å²) in [6.07, 6.45) is 0. The number of carbonyl (C=O) groups excluding carboxylic acids is 1. The summed E-state index contributed by atoms with van der Waals surface area (Å²) in [7, 11) is 3.50. The molecule has 0 saturated heterocycles. The monoisotopic (exact) mass is 310 g/mol. The number of carbonyl (C=O) groups is 1. The number of hydrogen-bond donors (Lipinski definition) is 2.